The quantitative estimate of drug-likeness (QED) is 0.787. The lowest BCUT2D eigenvalue weighted by Crippen LogP contribution is -2.40. The maximum Gasteiger partial charge on any atom is 0.322 e. The van der Waals surface area contributed by atoms with Crippen LogP contribution < -0.4 is 5.32 Å². The van der Waals surface area contributed by atoms with Crippen LogP contribution in [0.25, 0.3) is 0 Å². The van der Waals surface area contributed by atoms with Gasteiger partial charge >= 0.3 is 5.97 Å². The number of carbonyl (C=O) groups excluding carboxylic acids is 1. The standard InChI is InChI=1S/C14H22N2O2/c1-10(2)9-13(14(17)18-4)16-11(3)12-5-7-15-8-6-12/h5-8,10-11,13,16H,9H2,1-4H3. The molecular weight excluding hydrogens is 228 g/mol. The molecule has 1 aromatic heterocycles. The van der Waals surface area contributed by atoms with Crippen LogP contribution in [-0.4, -0.2) is 24.1 Å². The minimum Gasteiger partial charge on any atom is -0.468 e. The Labute approximate surface area is 109 Å². The van der Waals surface area contributed by atoms with Crippen LogP contribution in [0, 0.1) is 5.92 Å². The van der Waals surface area contributed by atoms with Crippen LogP contribution in [0.5, 0.6) is 0 Å². The number of rotatable bonds is 6. The van der Waals surface area contributed by atoms with Crippen molar-refractivity contribution >= 4 is 5.97 Å². The van der Waals surface area contributed by atoms with Crippen molar-refractivity contribution < 1.29 is 9.53 Å². The molecule has 0 aliphatic carbocycles. The van der Waals surface area contributed by atoms with Crippen LogP contribution in [-0.2, 0) is 9.53 Å². The number of hydrogen-bond donors (Lipinski definition) is 1. The molecule has 0 aliphatic rings. The first kappa shape index (κ1) is 14.6. The molecule has 100 valence electrons. The summed E-state index contributed by atoms with van der Waals surface area (Å²) in [5.41, 5.74) is 1.11. The molecule has 1 rings (SSSR count). The third-order valence-electron chi connectivity index (χ3n) is 2.85. The largest absolute Gasteiger partial charge is 0.468 e. The molecule has 0 bridgehead atoms. The maximum absolute atomic E-state index is 11.7. The molecule has 4 nitrogen and oxygen atoms in total. The minimum absolute atomic E-state index is 0.0934. The zero-order valence-electron chi connectivity index (χ0n) is 11.5. The summed E-state index contributed by atoms with van der Waals surface area (Å²) in [5.74, 6) is 0.232. The van der Waals surface area contributed by atoms with E-state index >= 15 is 0 Å². The van der Waals surface area contributed by atoms with Crippen molar-refractivity contribution in [1.29, 1.82) is 0 Å². The molecule has 0 saturated carbocycles. The summed E-state index contributed by atoms with van der Waals surface area (Å²) in [7, 11) is 1.43. The van der Waals surface area contributed by atoms with Gasteiger partial charge in [0, 0.05) is 18.4 Å². The molecule has 1 heterocycles. The van der Waals surface area contributed by atoms with Gasteiger partial charge in [-0.2, -0.15) is 0 Å². The number of nitrogens with one attached hydrogen (secondary N) is 1. The van der Waals surface area contributed by atoms with Gasteiger partial charge in [-0.1, -0.05) is 13.8 Å². The minimum atomic E-state index is -0.266. The monoisotopic (exact) mass is 250 g/mol. The predicted octanol–water partition coefficient (Wildman–Crippen LogP) is 2.32. The fourth-order valence-corrected chi connectivity index (χ4v) is 1.90. The van der Waals surface area contributed by atoms with Crippen molar-refractivity contribution in [3.05, 3.63) is 30.1 Å². The molecule has 0 amide bonds. The van der Waals surface area contributed by atoms with E-state index in [9.17, 15) is 4.79 Å². The number of pyridine rings is 1. The Kier molecular flexibility index (Phi) is 5.78. The van der Waals surface area contributed by atoms with Gasteiger partial charge in [-0.3, -0.25) is 15.1 Å². The average molecular weight is 250 g/mol. The van der Waals surface area contributed by atoms with Crippen molar-refractivity contribution in [3.8, 4) is 0 Å². The van der Waals surface area contributed by atoms with Crippen LogP contribution >= 0.6 is 0 Å². The van der Waals surface area contributed by atoms with Crippen molar-refractivity contribution in [3.63, 3.8) is 0 Å². The molecule has 0 fully saturated rings. The fraction of sp³-hybridized carbons (Fsp3) is 0.571. The van der Waals surface area contributed by atoms with Crippen molar-refractivity contribution in [2.45, 2.75) is 39.3 Å². The van der Waals surface area contributed by atoms with E-state index in [0.29, 0.717) is 5.92 Å². The van der Waals surface area contributed by atoms with Gasteiger partial charge < -0.3 is 4.74 Å². The average Bonchev–Trinajstić information content (AvgIpc) is 2.37. The van der Waals surface area contributed by atoms with E-state index in [2.05, 4.69) is 24.1 Å². The lowest BCUT2D eigenvalue weighted by molar-refractivity contribution is -0.143. The number of hydrogen-bond acceptors (Lipinski definition) is 4. The lowest BCUT2D eigenvalue weighted by Gasteiger charge is -2.23. The highest BCUT2D eigenvalue weighted by atomic mass is 16.5. The van der Waals surface area contributed by atoms with E-state index in [1.165, 1.54) is 7.11 Å². The van der Waals surface area contributed by atoms with Crippen LogP contribution in [0.15, 0.2) is 24.5 Å². The predicted molar refractivity (Wildman–Crippen MR) is 71.0 cm³/mol. The van der Waals surface area contributed by atoms with Gasteiger partial charge in [-0.15, -0.1) is 0 Å². The Morgan fingerprint density at radius 3 is 2.44 bits per heavy atom. The second-order valence-corrected chi connectivity index (χ2v) is 4.87. The van der Waals surface area contributed by atoms with Gasteiger partial charge in [-0.25, -0.2) is 0 Å². The van der Waals surface area contributed by atoms with Crippen molar-refractivity contribution in [1.82, 2.24) is 10.3 Å². The van der Waals surface area contributed by atoms with Crippen LogP contribution in [0.3, 0.4) is 0 Å². The zero-order valence-corrected chi connectivity index (χ0v) is 11.5. The lowest BCUT2D eigenvalue weighted by atomic mass is 10.0. The Morgan fingerprint density at radius 2 is 1.94 bits per heavy atom. The van der Waals surface area contributed by atoms with Gasteiger partial charge in [-0.05, 0) is 37.0 Å². The van der Waals surface area contributed by atoms with Gasteiger partial charge in [0.25, 0.3) is 0 Å². The van der Waals surface area contributed by atoms with E-state index in [-0.39, 0.29) is 18.1 Å². The first-order chi connectivity index (χ1) is 8.54. The second kappa shape index (κ2) is 7.11. The Balaban J connectivity index is 2.68. The van der Waals surface area contributed by atoms with Crippen molar-refractivity contribution in [2.24, 2.45) is 5.92 Å². The molecule has 0 aromatic carbocycles. The molecule has 0 aliphatic heterocycles. The number of ether oxygens (including phenoxy) is 1. The first-order valence-corrected chi connectivity index (χ1v) is 6.28. The molecule has 0 radical (unpaired) electrons. The molecule has 2 atom stereocenters. The Morgan fingerprint density at radius 1 is 1.33 bits per heavy atom. The van der Waals surface area contributed by atoms with E-state index in [1.807, 2.05) is 19.1 Å². The molecule has 18 heavy (non-hydrogen) atoms. The third kappa shape index (κ3) is 4.45. The number of aromatic nitrogens is 1. The highest BCUT2D eigenvalue weighted by Gasteiger charge is 2.22. The van der Waals surface area contributed by atoms with Gasteiger partial charge in [0.1, 0.15) is 6.04 Å². The van der Waals surface area contributed by atoms with Crippen LogP contribution in [0.4, 0.5) is 0 Å². The summed E-state index contributed by atoms with van der Waals surface area (Å²) < 4.78 is 4.84. The van der Waals surface area contributed by atoms with Gasteiger partial charge in [0.05, 0.1) is 7.11 Å². The van der Waals surface area contributed by atoms with E-state index in [4.69, 9.17) is 4.74 Å². The zero-order chi connectivity index (χ0) is 13.5. The normalized spacial score (nSPS) is 14.3. The smallest absolute Gasteiger partial charge is 0.322 e. The SMILES string of the molecule is COC(=O)C(CC(C)C)NC(C)c1ccncc1. The molecule has 1 N–H and O–H groups in total. The fourth-order valence-electron chi connectivity index (χ4n) is 1.90. The topological polar surface area (TPSA) is 51.2 Å². The first-order valence-electron chi connectivity index (χ1n) is 6.28. The van der Waals surface area contributed by atoms with E-state index in [1.54, 1.807) is 12.4 Å². The van der Waals surface area contributed by atoms with Gasteiger partial charge in [0.15, 0.2) is 0 Å². The third-order valence-corrected chi connectivity index (χ3v) is 2.85. The van der Waals surface area contributed by atoms with Crippen LogP contribution in [0.2, 0.25) is 0 Å². The Bertz CT molecular complexity index is 365. The number of nitrogens with zero attached hydrogens (tertiary/aromatic N) is 1. The molecule has 1 aromatic rings. The molecule has 0 saturated heterocycles. The molecule has 2 unspecified atom stereocenters. The van der Waals surface area contributed by atoms with Gasteiger partial charge in [0.2, 0.25) is 0 Å². The number of carbonyl (C=O) groups is 1. The Hall–Kier alpha value is -1.42. The second-order valence-electron chi connectivity index (χ2n) is 4.87. The summed E-state index contributed by atoms with van der Waals surface area (Å²) in [4.78, 5) is 15.7. The number of methoxy groups -OCH3 is 1. The highest BCUT2D eigenvalue weighted by Crippen LogP contribution is 2.14. The molecular formula is C14H22N2O2. The molecule has 0 spiro atoms. The summed E-state index contributed by atoms with van der Waals surface area (Å²) in [6.45, 7) is 6.22. The van der Waals surface area contributed by atoms with E-state index in [0.717, 1.165) is 12.0 Å². The summed E-state index contributed by atoms with van der Waals surface area (Å²) in [6, 6.07) is 3.72. The summed E-state index contributed by atoms with van der Waals surface area (Å²) >= 11 is 0. The highest BCUT2D eigenvalue weighted by molar-refractivity contribution is 5.75. The molecule has 4 heteroatoms. The summed E-state index contributed by atoms with van der Waals surface area (Å²) in [5, 5.41) is 3.31. The maximum atomic E-state index is 11.7. The van der Waals surface area contributed by atoms with Crippen molar-refractivity contribution in [2.75, 3.05) is 7.11 Å². The van der Waals surface area contributed by atoms with Crippen LogP contribution in [0.1, 0.15) is 38.8 Å². The summed E-state index contributed by atoms with van der Waals surface area (Å²) in [6.07, 6.45) is 4.27. The van der Waals surface area contributed by atoms with E-state index < -0.39 is 0 Å². The number of esters is 1.